The Morgan fingerprint density at radius 3 is 2.60 bits per heavy atom. The monoisotopic (exact) mass is 415 g/mol. The van der Waals surface area contributed by atoms with E-state index >= 15 is 0 Å². The molecule has 0 bridgehead atoms. The number of thioether (sulfide) groups is 1. The maximum Gasteiger partial charge on any atom is 0.242 e. The second-order valence-electron chi connectivity index (χ2n) is 7.50. The molecule has 1 saturated heterocycles. The molecular formula is C25H25N3OS. The van der Waals surface area contributed by atoms with Crippen LogP contribution in [0, 0.1) is 6.92 Å². The standard InChI is InChI=1S/C25H25N3OS/c1-3-7-23-24(29)28(17-21-10-6-9-20-8-4-5-11-22(20)21)25(30-23)27-26-16-19-14-12-18(2)13-15-19/h4-6,8-16,23H,3,7,17H2,1-2H3/b26-16-,27-25+/t23-/m0/s1. The molecule has 1 atom stereocenters. The number of amides is 1. The molecule has 1 fully saturated rings. The molecule has 0 aliphatic carbocycles. The van der Waals surface area contributed by atoms with E-state index in [1.807, 2.05) is 42.5 Å². The summed E-state index contributed by atoms with van der Waals surface area (Å²) in [4.78, 5) is 14.9. The SMILES string of the molecule is CCC[C@@H]1S/C(=N/N=C\c2ccc(C)cc2)N(Cc2cccc3ccccc23)C1=O. The van der Waals surface area contributed by atoms with E-state index < -0.39 is 0 Å². The van der Waals surface area contributed by atoms with Crippen molar-refractivity contribution in [2.75, 3.05) is 0 Å². The van der Waals surface area contributed by atoms with Crippen molar-refractivity contribution in [2.24, 2.45) is 10.2 Å². The van der Waals surface area contributed by atoms with E-state index in [2.05, 4.69) is 48.3 Å². The maximum atomic E-state index is 13.1. The number of carbonyl (C=O) groups is 1. The lowest BCUT2D eigenvalue weighted by Crippen LogP contribution is -2.31. The first-order valence-electron chi connectivity index (χ1n) is 10.3. The van der Waals surface area contributed by atoms with Crippen molar-refractivity contribution in [3.63, 3.8) is 0 Å². The fourth-order valence-electron chi connectivity index (χ4n) is 3.58. The maximum absolute atomic E-state index is 13.1. The van der Waals surface area contributed by atoms with Crippen molar-refractivity contribution < 1.29 is 4.79 Å². The van der Waals surface area contributed by atoms with Crippen molar-refractivity contribution in [3.05, 3.63) is 83.4 Å². The summed E-state index contributed by atoms with van der Waals surface area (Å²) in [6.45, 7) is 4.67. The number of rotatable bonds is 6. The van der Waals surface area contributed by atoms with Crippen LogP contribution >= 0.6 is 11.8 Å². The molecule has 4 nitrogen and oxygen atoms in total. The van der Waals surface area contributed by atoms with E-state index in [-0.39, 0.29) is 11.2 Å². The quantitative estimate of drug-likeness (QED) is 0.378. The van der Waals surface area contributed by atoms with Gasteiger partial charge in [-0.25, -0.2) is 0 Å². The predicted octanol–water partition coefficient (Wildman–Crippen LogP) is 5.78. The summed E-state index contributed by atoms with van der Waals surface area (Å²) in [5.41, 5.74) is 3.32. The zero-order valence-corrected chi connectivity index (χ0v) is 18.1. The van der Waals surface area contributed by atoms with Crippen LogP contribution in [0.2, 0.25) is 0 Å². The van der Waals surface area contributed by atoms with Crippen LogP contribution in [0.25, 0.3) is 10.8 Å². The van der Waals surface area contributed by atoms with Crippen LogP contribution in [0.1, 0.15) is 36.5 Å². The number of hydrogen-bond donors (Lipinski definition) is 0. The third-order valence-electron chi connectivity index (χ3n) is 5.21. The molecule has 4 rings (SSSR count). The third kappa shape index (κ3) is 4.46. The zero-order valence-electron chi connectivity index (χ0n) is 17.3. The summed E-state index contributed by atoms with van der Waals surface area (Å²) in [7, 11) is 0. The second-order valence-corrected chi connectivity index (χ2v) is 8.67. The first-order chi connectivity index (χ1) is 14.7. The van der Waals surface area contributed by atoms with Gasteiger partial charge in [0.15, 0.2) is 5.17 Å². The van der Waals surface area contributed by atoms with Crippen LogP contribution < -0.4 is 0 Å². The van der Waals surface area contributed by atoms with Crippen LogP contribution in [0.3, 0.4) is 0 Å². The number of amidine groups is 1. The van der Waals surface area contributed by atoms with Gasteiger partial charge in [0, 0.05) is 0 Å². The fraction of sp³-hybridized carbons (Fsp3) is 0.240. The highest BCUT2D eigenvalue weighted by atomic mass is 32.2. The Morgan fingerprint density at radius 1 is 1.03 bits per heavy atom. The Hall–Kier alpha value is -2.92. The van der Waals surface area contributed by atoms with Gasteiger partial charge in [0.25, 0.3) is 0 Å². The average molecular weight is 416 g/mol. The zero-order chi connectivity index (χ0) is 20.9. The largest absolute Gasteiger partial charge is 0.284 e. The van der Waals surface area contributed by atoms with Crippen molar-refractivity contribution in [1.29, 1.82) is 0 Å². The van der Waals surface area contributed by atoms with E-state index in [0.29, 0.717) is 11.7 Å². The summed E-state index contributed by atoms with van der Waals surface area (Å²) in [6, 6.07) is 22.6. The number of aryl methyl sites for hydroxylation is 1. The first-order valence-corrected chi connectivity index (χ1v) is 11.2. The molecule has 3 aromatic carbocycles. The van der Waals surface area contributed by atoms with Gasteiger partial charge in [-0.1, -0.05) is 97.4 Å². The Kier molecular flexibility index (Phi) is 6.29. The number of hydrogen-bond acceptors (Lipinski definition) is 4. The Labute approximate surface area is 181 Å². The lowest BCUT2D eigenvalue weighted by atomic mass is 10.0. The van der Waals surface area contributed by atoms with E-state index in [4.69, 9.17) is 0 Å². The van der Waals surface area contributed by atoms with E-state index in [0.717, 1.165) is 24.0 Å². The minimum Gasteiger partial charge on any atom is -0.284 e. The highest BCUT2D eigenvalue weighted by Gasteiger charge is 2.37. The molecule has 5 heteroatoms. The highest BCUT2D eigenvalue weighted by Crippen LogP contribution is 2.32. The lowest BCUT2D eigenvalue weighted by Gasteiger charge is -2.17. The molecule has 1 amide bonds. The minimum absolute atomic E-state index is 0.0849. The summed E-state index contributed by atoms with van der Waals surface area (Å²) in [6.07, 6.45) is 3.54. The summed E-state index contributed by atoms with van der Waals surface area (Å²) < 4.78 is 0. The van der Waals surface area contributed by atoms with Gasteiger partial charge in [0.1, 0.15) is 0 Å². The van der Waals surface area contributed by atoms with Crippen LogP contribution in [-0.4, -0.2) is 27.4 Å². The molecule has 1 heterocycles. The number of nitrogens with zero attached hydrogens (tertiary/aromatic N) is 3. The molecule has 0 saturated carbocycles. The van der Waals surface area contributed by atoms with Crippen LogP contribution in [0.4, 0.5) is 0 Å². The van der Waals surface area contributed by atoms with Gasteiger partial charge in [-0.05, 0) is 35.2 Å². The van der Waals surface area contributed by atoms with Crippen molar-refractivity contribution in [1.82, 2.24) is 4.90 Å². The lowest BCUT2D eigenvalue weighted by molar-refractivity contribution is -0.126. The van der Waals surface area contributed by atoms with E-state index in [1.54, 1.807) is 11.1 Å². The Balaban J connectivity index is 1.62. The summed E-state index contributed by atoms with van der Waals surface area (Å²) >= 11 is 1.53. The normalized spacial score (nSPS) is 18.2. The smallest absolute Gasteiger partial charge is 0.242 e. The number of carbonyl (C=O) groups excluding carboxylic acids is 1. The highest BCUT2D eigenvalue weighted by molar-refractivity contribution is 8.15. The molecular weight excluding hydrogens is 390 g/mol. The van der Waals surface area contributed by atoms with Gasteiger partial charge in [-0.15, -0.1) is 5.10 Å². The van der Waals surface area contributed by atoms with Gasteiger partial charge in [-0.2, -0.15) is 5.10 Å². The van der Waals surface area contributed by atoms with Gasteiger partial charge in [0.2, 0.25) is 5.91 Å². The van der Waals surface area contributed by atoms with Crippen LogP contribution in [0.5, 0.6) is 0 Å². The Bertz CT molecular complexity index is 1100. The fourth-order valence-corrected chi connectivity index (χ4v) is 4.79. The van der Waals surface area contributed by atoms with Gasteiger partial charge >= 0.3 is 0 Å². The number of benzene rings is 3. The van der Waals surface area contributed by atoms with Crippen molar-refractivity contribution >= 4 is 39.8 Å². The average Bonchev–Trinajstić information content (AvgIpc) is 3.05. The molecule has 3 aromatic rings. The van der Waals surface area contributed by atoms with Crippen molar-refractivity contribution in [2.45, 2.75) is 38.5 Å². The third-order valence-corrected chi connectivity index (χ3v) is 6.44. The summed E-state index contributed by atoms with van der Waals surface area (Å²) in [5, 5.41) is 11.7. The summed E-state index contributed by atoms with van der Waals surface area (Å²) in [5.74, 6) is 0.124. The topological polar surface area (TPSA) is 45.0 Å². The predicted molar refractivity (Wildman–Crippen MR) is 127 cm³/mol. The molecule has 1 aliphatic rings. The molecule has 0 aromatic heterocycles. The second kappa shape index (κ2) is 9.26. The van der Waals surface area contributed by atoms with Crippen molar-refractivity contribution in [3.8, 4) is 0 Å². The van der Waals surface area contributed by atoms with Crippen LogP contribution in [-0.2, 0) is 11.3 Å². The van der Waals surface area contributed by atoms with Gasteiger partial charge in [0.05, 0.1) is 18.0 Å². The molecule has 0 radical (unpaired) electrons. The van der Waals surface area contributed by atoms with E-state index in [1.165, 1.54) is 28.1 Å². The molecule has 0 spiro atoms. The molecule has 0 N–H and O–H groups in total. The van der Waals surface area contributed by atoms with Gasteiger partial charge in [-0.3, -0.25) is 9.69 Å². The molecule has 1 aliphatic heterocycles. The molecule has 0 unspecified atom stereocenters. The minimum atomic E-state index is -0.0849. The number of fused-ring (bicyclic) bond motifs is 1. The Morgan fingerprint density at radius 2 is 1.80 bits per heavy atom. The van der Waals surface area contributed by atoms with Crippen LogP contribution in [0.15, 0.2) is 76.9 Å². The molecule has 30 heavy (non-hydrogen) atoms. The first kappa shape index (κ1) is 20.4. The van der Waals surface area contributed by atoms with Gasteiger partial charge < -0.3 is 0 Å². The van der Waals surface area contributed by atoms with E-state index in [9.17, 15) is 4.79 Å². The molecule has 152 valence electrons.